The molecule has 0 aliphatic carbocycles. The van der Waals surface area contributed by atoms with Crippen LogP contribution >= 0.6 is 24.0 Å². The second kappa shape index (κ2) is 10.9. The number of nitrogens with zero attached hydrogens (tertiary/aromatic N) is 3. The van der Waals surface area contributed by atoms with Crippen molar-refractivity contribution >= 4 is 29.9 Å². The molecule has 0 spiro atoms. The lowest BCUT2D eigenvalue weighted by Gasteiger charge is -2.33. The molecule has 1 N–H and O–H groups in total. The molecule has 0 radical (unpaired) electrons. The number of rotatable bonds is 5. The molecule has 1 fully saturated rings. The first-order chi connectivity index (χ1) is 11.1. The zero-order valence-electron chi connectivity index (χ0n) is 15.6. The first-order valence-electron chi connectivity index (χ1n) is 8.85. The third-order valence-electron chi connectivity index (χ3n) is 4.42. The van der Waals surface area contributed by atoms with E-state index in [-0.39, 0.29) is 24.0 Å². The van der Waals surface area contributed by atoms with E-state index in [0.717, 1.165) is 44.6 Å². The number of hydrogen-bond donors (Lipinski definition) is 1. The highest BCUT2D eigenvalue weighted by atomic mass is 127. The minimum Gasteiger partial charge on any atom is -0.357 e. The molecule has 2 rings (SSSR count). The first-order valence-corrected chi connectivity index (χ1v) is 8.85. The van der Waals surface area contributed by atoms with E-state index >= 15 is 0 Å². The molecule has 4 nitrogen and oxygen atoms in total. The van der Waals surface area contributed by atoms with Crippen molar-refractivity contribution in [2.75, 3.05) is 33.7 Å². The Balaban J connectivity index is 0.00000288. The second-order valence-electron chi connectivity index (χ2n) is 6.85. The Bertz CT molecular complexity index is 508. The monoisotopic (exact) mass is 444 g/mol. The van der Waals surface area contributed by atoms with Crippen molar-refractivity contribution in [1.29, 1.82) is 0 Å². The van der Waals surface area contributed by atoms with Crippen molar-refractivity contribution in [2.24, 2.45) is 10.9 Å². The third-order valence-corrected chi connectivity index (χ3v) is 4.42. The number of nitrogens with one attached hydrogen (secondary N) is 1. The van der Waals surface area contributed by atoms with Crippen molar-refractivity contribution in [1.82, 2.24) is 15.1 Å². The van der Waals surface area contributed by atoms with Gasteiger partial charge in [-0.1, -0.05) is 31.2 Å². The highest BCUT2D eigenvalue weighted by Crippen LogP contribution is 2.17. The van der Waals surface area contributed by atoms with E-state index in [0.29, 0.717) is 0 Å². The molecule has 0 saturated carbocycles. The number of piperidine rings is 1. The maximum Gasteiger partial charge on any atom is 0.194 e. The number of guanidine groups is 1. The summed E-state index contributed by atoms with van der Waals surface area (Å²) in [4.78, 5) is 9.54. The Morgan fingerprint density at radius 2 is 1.83 bits per heavy atom. The quantitative estimate of drug-likeness (QED) is 0.428. The molecule has 24 heavy (non-hydrogen) atoms. The maximum absolute atomic E-state index is 4.91. The van der Waals surface area contributed by atoms with Crippen molar-refractivity contribution in [3.63, 3.8) is 0 Å². The van der Waals surface area contributed by atoms with Gasteiger partial charge in [0.15, 0.2) is 5.96 Å². The molecule has 1 aliphatic rings. The normalized spacial score (nSPS) is 16.2. The molecular formula is C19H33IN4. The average Bonchev–Trinajstić information content (AvgIpc) is 2.53. The standard InChI is InChI=1S/C19H32N4.HI/c1-5-20-19(23-12-10-16(2)11-13-23)21-14-17-8-6-7-9-18(17)15-22(3)4;/h6-9,16H,5,10-15H2,1-4H3,(H,20,21);1H. The largest absolute Gasteiger partial charge is 0.357 e. The fourth-order valence-corrected chi connectivity index (χ4v) is 3.01. The van der Waals surface area contributed by atoms with Gasteiger partial charge in [-0.05, 0) is 50.9 Å². The molecule has 1 heterocycles. The van der Waals surface area contributed by atoms with E-state index in [1.807, 2.05) is 0 Å². The molecule has 1 aromatic carbocycles. The Hall–Kier alpha value is -0.820. The summed E-state index contributed by atoms with van der Waals surface area (Å²) in [6.07, 6.45) is 2.53. The van der Waals surface area contributed by atoms with Gasteiger partial charge in [-0.25, -0.2) is 4.99 Å². The van der Waals surface area contributed by atoms with E-state index < -0.39 is 0 Å². The van der Waals surface area contributed by atoms with Gasteiger partial charge in [0.2, 0.25) is 0 Å². The summed E-state index contributed by atoms with van der Waals surface area (Å²) >= 11 is 0. The van der Waals surface area contributed by atoms with Gasteiger partial charge in [0.05, 0.1) is 6.54 Å². The summed E-state index contributed by atoms with van der Waals surface area (Å²) in [6, 6.07) is 8.63. The zero-order chi connectivity index (χ0) is 16.7. The van der Waals surface area contributed by atoms with Crippen LogP contribution in [0.5, 0.6) is 0 Å². The average molecular weight is 444 g/mol. The van der Waals surface area contributed by atoms with Crippen LogP contribution in [0.3, 0.4) is 0 Å². The van der Waals surface area contributed by atoms with Crippen LogP contribution in [0.4, 0.5) is 0 Å². The van der Waals surface area contributed by atoms with Crippen molar-refractivity contribution in [3.8, 4) is 0 Å². The molecular weight excluding hydrogens is 411 g/mol. The van der Waals surface area contributed by atoms with E-state index in [2.05, 4.69) is 67.3 Å². The van der Waals surface area contributed by atoms with Gasteiger partial charge in [0.1, 0.15) is 0 Å². The Morgan fingerprint density at radius 3 is 2.42 bits per heavy atom. The van der Waals surface area contributed by atoms with Crippen LogP contribution in [0, 0.1) is 5.92 Å². The molecule has 5 heteroatoms. The van der Waals surface area contributed by atoms with Gasteiger partial charge < -0.3 is 15.1 Å². The van der Waals surface area contributed by atoms with E-state index in [9.17, 15) is 0 Å². The predicted octanol–water partition coefficient (Wildman–Crippen LogP) is 3.56. The number of hydrogen-bond acceptors (Lipinski definition) is 2. The van der Waals surface area contributed by atoms with Crippen LogP contribution in [0.1, 0.15) is 37.8 Å². The highest BCUT2D eigenvalue weighted by Gasteiger charge is 2.18. The fourth-order valence-electron chi connectivity index (χ4n) is 3.01. The topological polar surface area (TPSA) is 30.9 Å². The minimum absolute atomic E-state index is 0. The zero-order valence-corrected chi connectivity index (χ0v) is 17.9. The van der Waals surface area contributed by atoms with Gasteiger partial charge in [0.25, 0.3) is 0 Å². The fraction of sp³-hybridized carbons (Fsp3) is 0.632. The molecule has 1 saturated heterocycles. The van der Waals surface area contributed by atoms with Crippen LogP contribution in [-0.4, -0.2) is 49.5 Å². The molecule has 0 atom stereocenters. The Labute approximate surface area is 164 Å². The first kappa shape index (κ1) is 21.2. The van der Waals surface area contributed by atoms with Crippen LogP contribution in [0.25, 0.3) is 0 Å². The van der Waals surface area contributed by atoms with Crippen molar-refractivity contribution < 1.29 is 0 Å². The minimum atomic E-state index is 0. The summed E-state index contributed by atoms with van der Waals surface area (Å²) in [6.45, 7) is 9.35. The van der Waals surface area contributed by atoms with E-state index in [4.69, 9.17) is 4.99 Å². The lowest BCUT2D eigenvalue weighted by atomic mass is 9.99. The summed E-state index contributed by atoms with van der Waals surface area (Å²) in [5.74, 6) is 1.91. The predicted molar refractivity (Wildman–Crippen MR) is 114 cm³/mol. The summed E-state index contributed by atoms with van der Waals surface area (Å²) < 4.78 is 0. The summed E-state index contributed by atoms with van der Waals surface area (Å²) in [7, 11) is 4.22. The molecule has 0 unspecified atom stereocenters. The Morgan fingerprint density at radius 1 is 1.21 bits per heavy atom. The molecule has 0 bridgehead atoms. The van der Waals surface area contributed by atoms with Crippen molar-refractivity contribution in [2.45, 2.75) is 39.8 Å². The molecule has 0 amide bonds. The van der Waals surface area contributed by atoms with E-state index in [1.165, 1.54) is 24.0 Å². The molecule has 0 aromatic heterocycles. The number of halogens is 1. The van der Waals surface area contributed by atoms with Crippen LogP contribution in [0.15, 0.2) is 29.3 Å². The number of likely N-dealkylation sites (tertiary alicyclic amines) is 1. The summed E-state index contributed by atoms with van der Waals surface area (Å²) in [5, 5.41) is 3.46. The molecule has 136 valence electrons. The van der Waals surface area contributed by atoms with Crippen LogP contribution in [0.2, 0.25) is 0 Å². The number of aliphatic imine (C=N–C) groups is 1. The third kappa shape index (κ3) is 6.59. The number of benzene rings is 1. The lowest BCUT2D eigenvalue weighted by Crippen LogP contribution is -2.45. The second-order valence-corrected chi connectivity index (χ2v) is 6.85. The smallest absolute Gasteiger partial charge is 0.194 e. The maximum atomic E-state index is 4.91. The van der Waals surface area contributed by atoms with Crippen molar-refractivity contribution in [3.05, 3.63) is 35.4 Å². The molecule has 1 aliphatic heterocycles. The van der Waals surface area contributed by atoms with Gasteiger partial charge >= 0.3 is 0 Å². The van der Waals surface area contributed by atoms with Crippen LogP contribution in [-0.2, 0) is 13.1 Å². The Kier molecular flexibility index (Phi) is 9.66. The van der Waals surface area contributed by atoms with Gasteiger partial charge in [0, 0.05) is 26.2 Å². The van der Waals surface area contributed by atoms with Gasteiger partial charge in [-0.15, -0.1) is 24.0 Å². The summed E-state index contributed by atoms with van der Waals surface area (Å²) in [5.41, 5.74) is 2.69. The van der Waals surface area contributed by atoms with Crippen LogP contribution < -0.4 is 5.32 Å². The van der Waals surface area contributed by atoms with E-state index in [1.54, 1.807) is 0 Å². The molecule has 1 aromatic rings. The lowest BCUT2D eigenvalue weighted by molar-refractivity contribution is 0.273. The highest BCUT2D eigenvalue weighted by molar-refractivity contribution is 14.0. The van der Waals surface area contributed by atoms with Gasteiger partial charge in [-0.2, -0.15) is 0 Å². The van der Waals surface area contributed by atoms with Gasteiger partial charge in [-0.3, -0.25) is 0 Å². The SMILES string of the molecule is CCNC(=NCc1ccccc1CN(C)C)N1CCC(C)CC1.I.